The maximum Gasteiger partial charge on any atom is 0.289 e. The second-order valence-corrected chi connectivity index (χ2v) is 15.6. The molecule has 1 amide bonds. The van der Waals surface area contributed by atoms with E-state index in [9.17, 15) is 9.90 Å². The summed E-state index contributed by atoms with van der Waals surface area (Å²) in [4.78, 5) is 19.7. The van der Waals surface area contributed by atoms with Crippen molar-refractivity contribution in [2.75, 3.05) is 61.3 Å². The predicted molar refractivity (Wildman–Crippen MR) is 204 cm³/mol. The Kier molecular flexibility index (Phi) is 12.8. The van der Waals surface area contributed by atoms with Crippen LogP contribution >= 0.6 is 0 Å². The van der Waals surface area contributed by atoms with Gasteiger partial charge in [-0.1, -0.05) is 27.2 Å². The normalized spacial score (nSPS) is 26.9. The topological polar surface area (TPSA) is 99.2 Å². The highest BCUT2D eigenvalue weighted by Gasteiger charge is 2.45. The van der Waals surface area contributed by atoms with Gasteiger partial charge in [0.05, 0.1) is 34.5 Å². The summed E-state index contributed by atoms with van der Waals surface area (Å²) < 4.78 is 35.7. The SMILES string of the molecule is CCO[C@@H]1OC(C(=O)N2CCc3cc(OC)c(OC)cc3[C@H]2C[C@H]2C[C@H]3c4cc(OC)c(OC)cc4CCN3C[C@@H]2CC)=C[C@H](C(C)C)[C@@H]1CCCO. The van der Waals surface area contributed by atoms with Crippen molar-refractivity contribution in [1.82, 2.24) is 9.80 Å². The van der Waals surface area contributed by atoms with Gasteiger partial charge in [-0.05, 0) is 122 Å². The highest BCUT2D eigenvalue weighted by molar-refractivity contribution is 5.92. The molecule has 7 atom stereocenters. The summed E-state index contributed by atoms with van der Waals surface area (Å²) in [5, 5.41) is 9.67. The quantitative estimate of drug-likeness (QED) is 0.218. The lowest BCUT2D eigenvalue weighted by atomic mass is 9.72. The summed E-state index contributed by atoms with van der Waals surface area (Å²) >= 11 is 0. The van der Waals surface area contributed by atoms with Crippen molar-refractivity contribution in [3.05, 3.63) is 58.4 Å². The fourth-order valence-corrected chi connectivity index (χ4v) is 9.73. The minimum atomic E-state index is -0.543. The van der Waals surface area contributed by atoms with Crippen LogP contribution in [0.2, 0.25) is 0 Å². The maximum absolute atomic E-state index is 15.0. The van der Waals surface area contributed by atoms with Crippen LogP contribution in [0.4, 0.5) is 0 Å². The lowest BCUT2D eigenvalue weighted by molar-refractivity contribution is -0.179. The van der Waals surface area contributed by atoms with Crippen molar-refractivity contribution < 1.29 is 38.3 Å². The van der Waals surface area contributed by atoms with Crippen molar-refractivity contribution in [3.63, 3.8) is 0 Å². The largest absolute Gasteiger partial charge is 0.493 e. The molecule has 2 aromatic rings. The van der Waals surface area contributed by atoms with Gasteiger partial charge in [0.2, 0.25) is 6.29 Å². The Labute approximate surface area is 316 Å². The molecule has 1 N–H and O–H groups in total. The molecule has 0 radical (unpaired) electrons. The molecule has 292 valence electrons. The number of hydrogen-bond acceptors (Lipinski definition) is 9. The van der Waals surface area contributed by atoms with Crippen LogP contribution in [0.3, 0.4) is 0 Å². The zero-order valence-electron chi connectivity index (χ0n) is 33.2. The van der Waals surface area contributed by atoms with Crippen LogP contribution in [0.25, 0.3) is 0 Å². The number of carbonyl (C=O) groups is 1. The first kappa shape index (κ1) is 39.2. The molecule has 0 saturated carbocycles. The Balaban J connectivity index is 1.38. The Hall–Kier alpha value is -3.47. The van der Waals surface area contributed by atoms with Crippen LogP contribution in [0.5, 0.6) is 23.0 Å². The van der Waals surface area contributed by atoms with E-state index in [0.717, 1.165) is 62.3 Å². The number of piperidine rings is 1. The van der Waals surface area contributed by atoms with Gasteiger partial charge in [-0.3, -0.25) is 9.69 Å². The second-order valence-electron chi connectivity index (χ2n) is 15.6. The summed E-state index contributed by atoms with van der Waals surface area (Å²) in [5.41, 5.74) is 4.97. The molecule has 1 saturated heterocycles. The molecule has 10 nitrogen and oxygen atoms in total. The zero-order valence-corrected chi connectivity index (χ0v) is 33.2. The summed E-state index contributed by atoms with van der Waals surface area (Å²) in [7, 11) is 6.75. The smallest absolute Gasteiger partial charge is 0.289 e. The third kappa shape index (κ3) is 7.87. The molecule has 0 bridgehead atoms. The van der Waals surface area contributed by atoms with E-state index >= 15 is 0 Å². The number of hydrogen-bond donors (Lipinski definition) is 1. The molecule has 4 aliphatic heterocycles. The summed E-state index contributed by atoms with van der Waals surface area (Å²) in [6.45, 7) is 11.9. The number of carbonyl (C=O) groups excluding carboxylic acids is 1. The van der Waals surface area contributed by atoms with Crippen LogP contribution in [-0.2, 0) is 27.1 Å². The van der Waals surface area contributed by atoms with Crippen LogP contribution < -0.4 is 18.9 Å². The monoisotopic (exact) mass is 734 g/mol. The van der Waals surface area contributed by atoms with E-state index in [2.05, 4.69) is 60.9 Å². The minimum Gasteiger partial charge on any atom is -0.493 e. The molecule has 0 spiro atoms. The molecule has 2 aromatic carbocycles. The van der Waals surface area contributed by atoms with Gasteiger partial charge in [-0.2, -0.15) is 0 Å². The summed E-state index contributed by atoms with van der Waals surface area (Å²) in [6, 6.07) is 8.64. The third-order valence-electron chi connectivity index (χ3n) is 12.5. The van der Waals surface area contributed by atoms with E-state index < -0.39 is 6.29 Å². The van der Waals surface area contributed by atoms with Crippen molar-refractivity contribution in [3.8, 4) is 23.0 Å². The van der Waals surface area contributed by atoms with Crippen LogP contribution in [0.1, 0.15) is 94.1 Å². The van der Waals surface area contributed by atoms with E-state index in [4.69, 9.17) is 28.4 Å². The van der Waals surface area contributed by atoms with Gasteiger partial charge in [0.25, 0.3) is 5.91 Å². The fourth-order valence-electron chi connectivity index (χ4n) is 9.73. The minimum absolute atomic E-state index is 0.0562. The molecule has 10 heteroatoms. The molecule has 0 unspecified atom stereocenters. The molecular formula is C43H62N2O8. The average molecular weight is 735 g/mol. The number of ether oxygens (including phenoxy) is 6. The molecule has 0 aliphatic carbocycles. The van der Waals surface area contributed by atoms with Crippen molar-refractivity contribution >= 4 is 5.91 Å². The first-order valence-electron chi connectivity index (χ1n) is 19.8. The first-order chi connectivity index (χ1) is 25.7. The van der Waals surface area contributed by atoms with E-state index in [1.54, 1.807) is 28.4 Å². The van der Waals surface area contributed by atoms with E-state index in [0.29, 0.717) is 55.1 Å². The van der Waals surface area contributed by atoms with Crippen molar-refractivity contribution in [2.24, 2.45) is 29.6 Å². The molecule has 4 heterocycles. The number of nitrogens with zero attached hydrogens (tertiary/aromatic N) is 2. The first-order valence-corrected chi connectivity index (χ1v) is 19.8. The average Bonchev–Trinajstić information content (AvgIpc) is 3.18. The van der Waals surface area contributed by atoms with E-state index in [1.165, 1.54) is 16.7 Å². The Morgan fingerprint density at radius 2 is 1.51 bits per heavy atom. The van der Waals surface area contributed by atoms with Crippen LogP contribution in [0.15, 0.2) is 36.1 Å². The molecule has 4 aliphatic rings. The second kappa shape index (κ2) is 17.3. The van der Waals surface area contributed by atoms with Gasteiger partial charge in [0.1, 0.15) is 0 Å². The van der Waals surface area contributed by atoms with Crippen LogP contribution in [0, 0.1) is 29.6 Å². The number of methoxy groups -OCH3 is 4. The number of aliphatic hydroxyl groups excluding tert-OH is 1. The highest BCUT2D eigenvalue weighted by atomic mass is 16.7. The summed E-state index contributed by atoms with van der Waals surface area (Å²) in [6.07, 6.45) is 7.54. The van der Waals surface area contributed by atoms with Crippen molar-refractivity contribution in [1.29, 1.82) is 0 Å². The molecular weight excluding hydrogens is 672 g/mol. The highest BCUT2D eigenvalue weighted by Crippen LogP contribution is 2.50. The molecule has 0 aromatic heterocycles. The lowest BCUT2D eigenvalue weighted by Gasteiger charge is -2.49. The Morgan fingerprint density at radius 1 is 0.887 bits per heavy atom. The van der Waals surface area contributed by atoms with Gasteiger partial charge in [0, 0.05) is 44.8 Å². The number of rotatable bonds is 14. The number of aliphatic hydroxyl groups is 1. The maximum atomic E-state index is 15.0. The Morgan fingerprint density at radius 3 is 2.11 bits per heavy atom. The Bertz CT molecular complexity index is 1610. The number of allylic oxidation sites excluding steroid dienone is 1. The number of amides is 1. The third-order valence-corrected chi connectivity index (χ3v) is 12.5. The van der Waals surface area contributed by atoms with Gasteiger partial charge in [0.15, 0.2) is 28.8 Å². The van der Waals surface area contributed by atoms with Gasteiger partial charge < -0.3 is 38.4 Å². The van der Waals surface area contributed by atoms with Crippen LogP contribution in [-0.4, -0.2) is 88.4 Å². The zero-order chi connectivity index (χ0) is 37.8. The predicted octanol–water partition coefficient (Wildman–Crippen LogP) is 7.12. The summed E-state index contributed by atoms with van der Waals surface area (Å²) in [5.74, 6) is 4.48. The van der Waals surface area contributed by atoms with Gasteiger partial charge in [-0.15, -0.1) is 0 Å². The number of benzene rings is 2. The molecule has 1 fully saturated rings. The van der Waals surface area contributed by atoms with Crippen molar-refractivity contribution in [2.45, 2.75) is 91.0 Å². The molecule has 6 rings (SSSR count). The lowest BCUT2D eigenvalue weighted by Crippen LogP contribution is -2.48. The van der Waals surface area contributed by atoms with E-state index in [-0.39, 0.29) is 42.4 Å². The fraction of sp³-hybridized carbons (Fsp3) is 0.651. The van der Waals surface area contributed by atoms with Gasteiger partial charge >= 0.3 is 0 Å². The van der Waals surface area contributed by atoms with E-state index in [1.807, 2.05) is 6.92 Å². The number of fused-ring (bicyclic) bond motifs is 4. The van der Waals surface area contributed by atoms with Gasteiger partial charge in [-0.25, -0.2) is 0 Å². The standard InChI is InChI=1S/C43H62N2O8/c1-9-27-25-44-15-13-28-20-37(48-5)39(50-7)23-33(28)35(44)18-30(27)19-36-34-24-40(51-8)38(49-6)21-29(34)14-16-45(36)42(47)41-22-32(26(3)4)31(12-11-17-46)43(53-41)52-10-2/h20-24,26-27,30-32,35-36,43,46H,9-19,25H2,1-8H3/t27-,30+,31-,32+,35-,36+,43+/m0/s1. The molecule has 53 heavy (non-hydrogen) atoms.